The lowest BCUT2D eigenvalue weighted by Gasteiger charge is -2.47. The molecule has 2 aromatic heterocycles. The first kappa shape index (κ1) is 31.1. The summed E-state index contributed by atoms with van der Waals surface area (Å²) in [5.74, 6) is -5.51. The van der Waals surface area contributed by atoms with Crippen LogP contribution in [0, 0.1) is 5.41 Å². The molecule has 4 rings (SSSR count). The minimum absolute atomic E-state index is 0.650. The van der Waals surface area contributed by atoms with Crippen molar-refractivity contribution in [2.24, 2.45) is 5.41 Å². The lowest BCUT2D eigenvalue weighted by molar-refractivity contribution is -0.193. The summed E-state index contributed by atoms with van der Waals surface area (Å²) in [4.78, 5) is 24.6. The zero-order valence-corrected chi connectivity index (χ0v) is 21.4. The SMILES string of the molecule is O=C(O)C(F)(F)F.O=C(O)C(F)(F)F.c1csc(CN2CCC3(CCN(Cc4ccsc4)CC3)CC2)c1. The van der Waals surface area contributed by atoms with Crippen LogP contribution in [0.15, 0.2) is 34.3 Å². The van der Waals surface area contributed by atoms with Crippen LogP contribution in [0.5, 0.6) is 0 Å². The van der Waals surface area contributed by atoms with Crippen LogP contribution >= 0.6 is 22.7 Å². The summed E-state index contributed by atoms with van der Waals surface area (Å²) in [7, 11) is 0. The van der Waals surface area contributed by atoms with E-state index in [0.717, 1.165) is 13.1 Å². The Morgan fingerprint density at radius 3 is 1.62 bits per heavy atom. The zero-order chi connectivity index (χ0) is 27.7. The van der Waals surface area contributed by atoms with E-state index in [1.165, 1.54) is 62.3 Å². The molecule has 0 aliphatic carbocycles. The van der Waals surface area contributed by atoms with Gasteiger partial charge in [-0.25, -0.2) is 9.59 Å². The van der Waals surface area contributed by atoms with Crippen LogP contribution in [-0.2, 0) is 22.7 Å². The molecular formula is C23H28F6N2O4S2. The summed E-state index contributed by atoms with van der Waals surface area (Å²) < 4.78 is 63.5. The molecule has 2 N–H and O–H groups in total. The second kappa shape index (κ2) is 13.6. The molecular weight excluding hydrogens is 546 g/mol. The fourth-order valence-electron chi connectivity index (χ4n) is 4.13. The van der Waals surface area contributed by atoms with Gasteiger partial charge >= 0.3 is 24.3 Å². The van der Waals surface area contributed by atoms with Crippen LogP contribution in [-0.4, -0.2) is 70.5 Å². The number of halogens is 6. The highest BCUT2D eigenvalue weighted by molar-refractivity contribution is 7.09. The van der Waals surface area contributed by atoms with E-state index in [0.29, 0.717) is 5.41 Å². The van der Waals surface area contributed by atoms with Gasteiger partial charge in [0.1, 0.15) is 0 Å². The number of nitrogens with zero attached hydrogens (tertiary/aromatic N) is 2. The molecule has 0 amide bonds. The maximum Gasteiger partial charge on any atom is 0.490 e. The van der Waals surface area contributed by atoms with Gasteiger partial charge in [-0.15, -0.1) is 11.3 Å². The van der Waals surface area contributed by atoms with Crippen LogP contribution in [0.4, 0.5) is 26.3 Å². The Morgan fingerprint density at radius 1 is 0.811 bits per heavy atom. The molecule has 0 radical (unpaired) electrons. The predicted octanol–water partition coefficient (Wildman–Crippen LogP) is 5.95. The van der Waals surface area contributed by atoms with Crippen molar-refractivity contribution in [1.82, 2.24) is 9.80 Å². The molecule has 0 aromatic carbocycles. The summed E-state index contributed by atoms with van der Waals surface area (Å²) in [6.07, 6.45) is -4.54. The van der Waals surface area contributed by atoms with E-state index in [4.69, 9.17) is 19.8 Å². The standard InChI is InChI=1S/C19H26N2S2.2C2HF3O2/c1-2-18(23-12-1)15-21-10-6-19(7-11-21)4-8-20(9-5-19)14-17-3-13-22-16-17;2*3-2(4,5)1(6)7/h1-3,12-13,16H,4-11,14-15H2;2*(H,6,7). The van der Waals surface area contributed by atoms with Crippen LogP contribution < -0.4 is 0 Å². The Balaban J connectivity index is 0.000000286. The zero-order valence-electron chi connectivity index (χ0n) is 19.7. The molecule has 2 aliphatic rings. The van der Waals surface area contributed by atoms with Gasteiger partial charge in [0, 0.05) is 18.0 Å². The van der Waals surface area contributed by atoms with Gasteiger partial charge in [-0.05, 0) is 91.1 Å². The van der Waals surface area contributed by atoms with Crippen molar-refractivity contribution in [3.05, 3.63) is 44.8 Å². The molecule has 6 nitrogen and oxygen atoms in total. The van der Waals surface area contributed by atoms with E-state index in [1.54, 1.807) is 0 Å². The maximum atomic E-state index is 10.6. The largest absolute Gasteiger partial charge is 0.490 e. The number of aliphatic carboxylic acids is 2. The van der Waals surface area contributed by atoms with Crippen LogP contribution in [0.3, 0.4) is 0 Å². The third-order valence-corrected chi connectivity index (χ3v) is 7.86. The fraction of sp³-hybridized carbons (Fsp3) is 0.565. The number of carbonyl (C=O) groups is 2. The Kier molecular flexibility index (Phi) is 11.4. The van der Waals surface area contributed by atoms with Gasteiger partial charge in [0.15, 0.2) is 0 Å². The molecule has 2 aromatic rings. The first-order valence-corrected chi connectivity index (χ1v) is 13.1. The summed E-state index contributed by atoms with van der Waals surface area (Å²) in [5, 5.41) is 20.9. The van der Waals surface area contributed by atoms with Gasteiger partial charge in [-0.2, -0.15) is 37.7 Å². The lowest BCUT2D eigenvalue weighted by atomic mass is 9.71. The van der Waals surface area contributed by atoms with Gasteiger partial charge in [0.2, 0.25) is 0 Å². The normalized spacial score (nSPS) is 18.3. The van der Waals surface area contributed by atoms with Crippen molar-refractivity contribution in [3.63, 3.8) is 0 Å². The molecule has 0 unspecified atom stereocenters. The Bertz CT molecular complexity index is 867. The van der Waals surface area contributed by atoms with E-state index in [9.17, 15) is 26.3 Å². The molecule has 1 spiro atoms. The van der Waals surface area contributed by atoms with E-state index in [-0.39, 0.29) is 0 Å². The summed E-state index contributed by atoms with van der Waals surface area (Å²) in [6, 6.07) is 6.73. The lowest BCUT2D eigenvalue weighted by Crippen LogP contribution is -2.46. The molecule has 37 heavy (non-hydrogen) atoms. The van der Waals surface area contributed by atoms with Gasteiger partial charge in [0.25, 0.3) is 0 Å². The molecule has 208 valence electrons. The fourth-order valence-corrected chi connectivity index (χ4v) is 5.54. The van der Waals surface area contributed by atoms with Crippen molar-refractivity contribution in [2.75, 3.05) is 26.2 Å². The van der Waals surface area contributed by atoms with E-state index < -0.39 is 24.3 Å². The van der Waals surface area contributed by atoms with Gasteiger partial charge in [0.05, 0.1) is 0 Å². The number of carboxylic acids is 2. The van der Waals surface area contributed by atoms with Gasteiger partial charge in [-0.1, -0.05) is 6.07 Å². The third-order valence-electron chi connectivity index (χ3n) is 6.26. The van der Waals surface area contributed by atoms with Gasteiger partial charge < -0.3 is 10.2 Å². The Morgan fingerprint density at radius 2 is 1.27 bits per heavy atom. The molecule has 2 saturated heterocycles. The molecule has 4 heterocycles. The van der Waals surface area contributed by atoms with Crippen molar-refractivity contribution >= 4 is 34.6 Å². The highest BCUT2D eigenvalue weighted by Crippen LogP contribution is 2.41. The minimum Gasteiger partial charge on any atom is -0.475 e. The number of rotatable bonds is 4. The first-order chi connectivity index (χ1) is 17.2. The quantitative estimate of drug-likeness (QED) is 0.439. The first-order valence-electron chi connectivity index (χ1n) is 11.3. The van der Waals surface area contributed by atoms with E-state index in [2.05, 4.69) is 44.1 Å². The number of piperidine rings is 2. The minimum atomic E-state index is -5.08. The van der Waals surface area contributed by atoms with Gasteiger partial charge in [-0.3, -0.25) is 9.80 Å². The monoisotopic (exact) mass is 574 g/mol. The topological polar surface area (TPSA) is 81.1 Å². The molecule has 2 aliphatic heterocycles. The number of hydrogen-bond donors (Lipinski definition) is 2. The molecule has 0 saturated carbocycles. The number of alkyl halides is 6. The Hall–Kier alpha value is -2.16. The molecule has 2 fully saturated rings. The summed E-state index contributed by atoms with van der Waals surface area (Å²) >= 11 is 3.72. The summed E-state index contributed by atoms with van der Waals surface area (Å²) in [6.45, 7) is 7.49. The maximum absolute atomic E-state index is 10.6. The highest BCUT2D eigenvalue weighted by atomic mass is 32.1. The highest BCUT2D eigenvalue weighted by Gasteiger charge is 2.39. The Labute approximate surface area is 218 Å². The average Bonchev–Trinajstić information content (AvgIpc) is 3.51. The van der Waals surface area contributed by atoms with E-state index in [1.807, 2.05) is 22.7 Å². The predicted molar refractivity (Wildman–Crippen MR) is 127 cm³/mol. The van der Waals surface area contributed by atoms with Crippen molar-refractivity contribution in [3.8, 4) is 0 Å². The number of thiophene rings is 2. The third kappa shape index (κ3) is 11.0. The van der Waals surface area contributed by atoms with E-state index >= 15 is 0 Å². The van der Waals surface area contributed by atoms with Crippen LogP contribution in [0.25, 0.3) is 0 Å². The number of carboxylic acid groups (broad SMARTS) is 2. The van der Waals surface area contributed by atoms with Crippen LogP contribution in [0.2, 0.25) is 0 Å². The second-order valence-electron chi connectivity index (χ2n) is 8.87. The van der Waals surface area contributed by atoms with Crippen molar-refractivity contribution < 1.29 is 46.1 Å². The molecule has 0 bridgehead atoms. The number of hydrogen-bond acceptors (Lipinski definition) is 6. The summed E-state index contributed by atoms with van der Waals surface area (Å²) in [5.41, 5.74) is 2.15. The molecule has 14 heteroatoms. The average molecular weight is 575 g/mol. The second-order valence-corrected chi connectivity index (χ2v) is 10.7. The van der Waals surface area contributed by atoms with Crippen molar-refractivity contribution in [1.29, 1.82) is 0 Å². The number of likely N-dealkylation sites (tertiary alicyclic amines) is 2. The smallest absolute Gasteiger partial charge is 0.475 e. The van der Waals surface area contributed by atoms with Crippen molar-refractivity contribution in [2.45, 2.75) is 51.1 Å². The van der Waals surface area contributed by atoms with Crippen LogP contribution in [0.1, 0.15) is 36.1 Å². The molecule has 0 atom stereocenters.